The number of halogens is 1. The minimum absolute atomic E-state index is 0.0372. The van der Waals surface area contributed by atoms with Crippen LogP contribution in [-0.2, 0) is 0 Å². The van der Waals surface area contributed by atoms with E-state index in [0.717, 1.165) is 24.1 Å². The first kappa shape index (κ1) is 21.0. The Labute approximate surface area is 171 Å². The molecule has 1 unspecified atom stereocenters. The molecule has 142 valence electrons. The second kappa shape index (κ2) is 9.09. The highest BCUT2D eigenvalue weighted by molar-refractivity contribution is 14.1. The van der Waals surface area contributed by atoms with E-state index < -0.39 is 0 Å². The molecule has 26 heavy (non-hydrogen) atoms. The van der Waals surface area contributed by atoms with Crippen molar-refractivity contribution >= 4 is 22.6 Å². The number of rotatable bonds is 7. The molecule has 0 heterocycles. The number of aromatic hydroxyl groups is 2. The van der Waals surface area contributed by atoms with Crippen molar-refractivity contribution < 1.29 is 10.2 Å². The van der Waals surface area contributed by atoms with Crippen molar-refractivity contribution in [2.75, 3.05) is 6.54 Å². The summed E-state index contributed by atoms with van der Waals surface area (Å²) in [6, 6.07) is 12.4. The molecule has 4 heteroatoms. The van der Waals surface area contributed by atoms with E-state index in [1.165, 1.54) is 9.13 Å². The maximum atomic E-state index is 10.6. The average molecular weight is 467 g/mol. The van der Waals surface area contributed by atoms with E-state index in [1.54, 1.807) is 12.1 Å². The normalized spacial score (nSPS) is 13.0. The lowest BCUT2D eigenvalue weighted by Gasteiger charge is -2.33. The van der Waals surface area contributed by atoms with E-state index in [4.69, 9.17) is 0 Å². The van der Waals surface area contributed by atoms with Gasteiger partial charge in [0.15, 0.2) is 0 Å². The summed E-state index contributed by atoms with van der Waals surface area (Å²) >= 11 is 2.36. The van der Waals surface area contributed by atoms with Crippen molar-refractivity contribution in [3.63, 3.8) is 0 Å². The number of nitrogens with zero attached hydrogens (tertiary/aromatic N) is 1. The third-order valence-electron chi connectivity index (χ3n) is 5.09. The van der Waals surface area contributed by atoms with Crippen LogP contribution in [0.25, 0.3) is 0 Å². The van der Waals surface area contributed by atoms with E-state index >= 15 is 0 Å². The molecule has 0 saturated carbocycles. The quantitative estimate of drug-likeness (QED) is 0.409. The molecule has 0 fully saturated rings. The van der Waals surface area contributed by atoms with Crippen LogP contribution >= 0.6 is 22.6 Å². The summed E-state index contributed by atoms with van der Waals surface area (Å²) in [6.07, 6.45) is 0.883. The molecule has 2 aromatic rings. The van der Waals surface area contributed by atoms with Gasteiger partial charge in [0.2, 0.25) is 0 Å². The molecule has 0 aliphatic heterocycles. The first-order valence-corrected chi connectivity index (χ1v) is 10.3. The predicted molar refractivity (Wildman–Crippen MR) is 117 cm³/mol. The van der Waals surface area contributed by atoms with Crippen LogP contribution < -0.4 is 0 Å². The van der Waals surface area contributed by atoms with E-state index in [0.29, 0.717) is 12.1 Å². The zero-order valence-corrected chi connectivity index (χ0v) is 18.5. The summed E-state index contributed by atoms with van der Waals surface area (Å²) in [5, 5.41) is 20.8. The van der Waals surface area contributed by atoms with Crippen LogP contribution in [0.1, 0.15) is 56.7 Å². The third-order valence-corrected chi connectivity index (χ3v) is 6.08. The Morgan fingerprint density at radius 1 is 0.923 bits per heavy atom. The smallest absolute Gasteiger partial charge is 0.119 e. The fraction of sp³-hybridized carbons (Fsp3) is 0.455. The van der Waals surface area contributed by atoms with Crippen molar-refractivity contribution in [1.82, 2.24) is 4.90 Å². The standard InChI is InChI=1S/C22H30INO2/c1-14(2)24(15(3)4)13-12-18(17-8-6-7-9-19(17)23)22-16(5)20(25)10-11-21(22)26/h6-11,14-15,18,25-26H,12-13H2,1-5H3. The van der Waals surface area contributed by atoms with Crippen LogP contribution in [0.2, 0.25) is 0 Å². The zero-order valence-electron chi connectivity index (χ0n) is 16.3. The highest BCUT2D eigenvalue weighted by Gasteiger charge is 2.25. The molecule has 2 N–H and O–H groups in total. The second-order valence-corrected chi connectivity index (χ2v) is 8.59. The molecule has 0 aromatic heterocycles. The Kier molecular flexibility index (Phi) is 7.35. The SMILES string of the molecule is Cc1c(O)ccc(O)c1C(CCN(C(C)C)C(C)C)c1ccccc1I. The number of phenols is 2. The minimum Gasteiger partial charge on any atom is -0.508 e. The Bertz CT molecular complexity index is 735. The minimum atomic E-state index is 0.0372. The molecule has 0 aliphatic rings. The maximum Gasteiger partial charge on any atom is 0.119 e. The third kappa shape index (κ3) is 4.71. The average Bonchev–Trinajstić information content (AvgIpc) is 2.57. The predicted octanol–water partition coefficient (Wildman–Crippen LogP) is 5.65. The summed E-state index contributed by atoms with van der Waals surface area (Å²) in [5.74, 6) is 0.527. The topological polar surface area (TPSA) is 43.7 Å². The highest BCUT2D eigenvalue weighted by Crippen LogP contribution is 2.41. The van der Waals surface area contributed by atoms with Gasteiger partial charge in [-0.15, -0.1) is 0 Å². The Morgan fingerprint density at radius 3 is 2.08 bits per heavy atom. The Morgan fingerprint density at radius 2 is 1.50 bits per heavy atom. The molecule has 0 spiro atoms. The molecular weight excluding hydrogens is 437 g/mol. The summed E-state index contributed by atoms with van der Waals surface area (Å²) in [5.41, 5.74) is 2.79. The van der Waals surface area contributed by atoms with Gasteiger partial charge in [-0.1, -0.05) is 18.2 Å². The maximum absolute atomic E-state index is 10.6. The lowest BCUT2D eigenvalue weighted by Crippen LogP contribution is -2.38. The second-order valence-electron chi connectivity index (χ2n) is 7.43. The first-order chi connectivity index (χ1) is 12.2. The largest absolute Gasteiger partial charge is 0.508 e. The van der Waals surface area contributed by atoms with Gasteiger partial charge in [-0.2, -0.15) is 0 Å². The van der Waals surface area contributed by atoms with Gasteiger partial charge in [-0.05, 0) is 99.5 Å². The highest BCUT2D eigenvalue weighted by atomic mass is 127. The lowest BCUT2D eigenvalue weighted by atomic mass is 9.84. The van der Waals surface area contributed by atoms with Gasteiger partial charge >= 0.3 is 0 Å². The van der Waals surface area contributed by atoms with Gasteiger partial charge in [0, 0.05) is 27.1 Å². The Hall–Kier alpha value is -1.27. The summed E-state index contributed by atoms with van der Waals surface area (Å²) < 4.78 is 1.18. The molecule has 2 rings (SSSR count). The molecule has 1 atom stereocenters. The van der Waals surface area contributed by atoms with E-state index in [1.807, 2.05) is 19.1 Å². The number of hydrogen-bond donors (Lipinski definition) is 2. The van der Waals surface area contributed by atoms with Crippen LogP contribution in [0.15, 0.2) is 36.4 Å². The van der Waals surface area contributed by atoms with E-state index in [9.17, 15) is 10.2 Å². The van der Waals surface area contributed by atoms with Gasteiger partial charge < -0.3 is 10.2 Å². The fourth-order valence-electron chi connectivity index (χ4n) is 3.75. The molecule has 2 aromatic carbocycles. The van der Waals surface area contributed by atoms with Crippen molar-refractivity contribution in [2.45, 2.75) is 59.0 Å². The van der Waals surface area contributed by atoms with Gasteiger partial charge in [0.25, 0.3) is 0 Å². The van der Waals surface area contributed by atoms with Crippen molar-refractivity contribution in [3.8, 4) is 11.5 Å². The van der Waals surface area contributed by atoms with Crippen LogP contribution in [0.5, 0.6) is 11.5 Å². The molecule has 0 aliphatic carbocycles. The summed E-state index contributed by atoms with van der Waals surface area (Å²) in [6.45, 7) is 11.7. The van der Waals surface area contributed by atoms with Gasteiger partial charge in [0.05, 0.1) is 0 Å². The summed E-state index contributed by atoms with van der Waals surface area (Å²) in [7, 11) is 0. The summed E-state index contributed by atoms with van der Waals surface area (Å²) in [4.78, 5) is 2.47. The fourth-order valence-corrected chi connectivity index (χ4v) is 4.51. The van der Waals surface area contributed by atoms with Crippen molar-refractivity contribution in [2.24, 2.45) is 0 Å². The van der Waals surface area contributed by atoms with Gasteiger partial charge in [-0.3, -0.25) is 4.90 Å². The monoisotopic (exact) mass is 467 g/mol. The van der Waals surface area contributed by atoms with E-state index in [2.05, 4.69) is 67.3 Å². The molecular formula is C22H30INO2. The van der Waals surface area contributed by atoms with Crippen LogP contribution in [0.3, 0.4) is 0 Å². The lowest BCUT2D eigenvalue weighted by molar-refractivity contribution is 0.170. The van der Waals surface area contributed by atoms with E-state index in [-0.39, 0.29) is 17.4 Å². The molecule has 0 saturated heterocycles. The van der Waals surface area contributed by atoms with Crippen LogP contribution in [-0.4, -0.2) is 33.7 Å². The van der Waals surface area contributed by atoms with Crippen LogP contribution in [0, 0.1) is 10.5 Å². The number of benzene rings is 2. The first-order valence-electron chi connectivity index (χ1n) is 9.25. The number of phenolic OH excluding ortho intramolecular Hbond substituents is 2. The Balaban J connectivity index is 2.48. The zero-order chi connectivity index (χ0) is 19.4. The molecule has 0 amide bonds. The molecule has 0 bridgehead atoms. The van der Waals surface area contributed by atoms with Gasteiger partial charge in [0.1, 0.15) is 11.5 Å². The molecule has 0 radical (unpaired) electrons. The number of hydrogen-bond acceptors (Lipinski definition) is 3. The van der Waals surface area contributed by atoms with Crippen LogP contribution in [0.4, 0.5) is 0 Å². The van der Waals surface area contributed by atoms with Gasteiger partial charge in [-0.25, -0.2) is 0 Å². The van der Waals surface area contributed by atoms with Crippen molar-refractivity contribution in [1.29, 1.82) is 0 Å². The van der Waals surface area contributed by atoms with Crippen molar-refractivity contribution in [3.05, 3.63) is 56.7 Å². The molecule has 3 nitrogen and oxygen atoms in total.